The monoisotopic (exact) mass is 490 g/mol. The maximum Gasteiger partial charge on any atom is 0.248 e. The highest BCUT2D eigenvalue weighted by molar-refractivity contribution is 7.89. The van der Waals surface area contributed by atoms with E-state index in [1.807, 2.05) is 13.8 Å². The van der Waals surface area contributed by atoms with Crippen LogP contribution in [-0.2, 0) is 19.6 Å². The zero-order valence-electron chi connectivity index (χ0n) is 19.7. The molecule has 1 fully saturated rings. The van der Waals surface area contributed by atoms with Gasteiger partial charge in [-0.25, -0.2) is 8.42 Å². The van der Waals surface area contributed by atoms with Gasteiger partial charge in [-0.3, -0.25) is 4.79 Å². The predicted molar refractivity (Wildman–Crippen MR) is 129 cm³/mol. The molecule has 0 atom stereocenters. The predicted octanol–water partition coefficient (Wildman–Crippen LogP) is 3.16. The highest BCUT2D eigenvalue weighted by atomic mass is 32.2. The summed E-state index contributed by atoms with van der Waals surface area (Å²) in [5, 5.41) is 2.74. The summed E-state index contributed by atoms with van der Waals surface area (Å²) in [6.45, 7) is 4.93. The number of rotatable bonds is 9. The summed E-state index contributed by atoms with van der Waals surface area (Å²) < 4.78 is 49.1. The third-order valence-corrected chi connectivity index (χ3v) is 6.93. The van der Waals surface area contributed by atoms with Crippen LogP contribution in [0.25, 0.3) is 6.08 Å². The van der Waals surface area contributed by atoms with Gasteiger partial charge in [0.05, 0.1) is 44.1 Å². The van der Waals surface area contributed by atoms with Gasteiger partial charge in [-0.2, -0.15) is 4.31 Å². The SMILES string of the molecule is COc1ccc(OC)c(/C=C/C(=O)Nc2cc(S(=O)(=O)N3CCOCC3)ccc2OC(C)C)c1. The number of hydrogen-bond donors (Lipinski definition) is 1. The van der Waals surface area contributed by atoms with E-state index in [1.165, 1.54) is 29.6 Å². The molecule has 1 aliphatic rings. The number of benzene rings is 2. The number of methoxy groups -OCH3 is 2. The number of morpholine rings is 1. The molecule has 0 aliphatic carbocycles. The molecule has 0 spiro atoms. The van der Waals surface area contributed by atoms with Crippen molar-refractivity contribution in [1.82, 2.24) is 4.31 Å². The second-order valence-electron chi connectivity index (χ2n) is 7.77. The zero-order valence-corrected chi connectivity index (χ0v) is 20.6. The van der Waals surface area contributed by atoms with Crippen molar-refractivity contribution in [3.8, 4) is 17.2 Å². The smallest absolute Gasteiger partial charge is 0.248 e. The minimum atomic E-state index is -3.74. The first-order valence-corrected chi connectivity index (χ1v) is 12.3. The first-order chi connectivity index (χ1) is 16.2. The van der Waals surface area contributed by atoms with E-state index in [0.717, 1.165) is 0 Å². The Morgan fingerprint density at radius 3 is 2.41 bits per heavy atom. The van der Waals surface area contributed by atoms with Crippen molar-refractivity contribution >= 4 is 27.7 Å². The number of nitrogens with one attached hydrogen (secondary N) is 1. The molecule has 9 nitrogen and oxygen atoms in total. The van der Waals surface area contributed by atoms with Crippen LogP contribution in [0.5, 0.6) is 17.2 Å². The van der Waals surface area contributed by atoms with Crippen molar-refractivity contribution in [2.45, 2.75) is 24.8 Å². The molecule has 1 N–H and O–H groups in total. The normalized spacial score (nSPS) is 14.9. The first-order valence-electron chi connectivity index (χ1n) is 10.8. The summed E-state index contributed by atoms with van der Waals surface area (Å²) in [7, 11) is -0.651. The van der Waals surface area contributed by atoms with Crippen LogP contribution in [0.1, 0.15) is 19.4 Å². The molecule has 3 rings (SSSR count). The van der Waals surface area contributed by atoms with Crippen molar-refractivity contribution in [3.05, 3.63) is 48.0 Å². The maximum atomic E-state index is 13.1. The minimum absolute atomic E-state index is 0.0688. The van der Waals surface area contributed by atoms with Gasteiger partial charge in [0.1, 0.15) is 17.2 Å². The molecule has 2 aromatic rings. The Morgan fingerprint density at radius 2 is 1.76 bits per heavy atom. The van der Waals surface area contributed by atoms with E-state index in [0.29, 0.717) is 36.0 Å². The second kappa shape index (κ2) is 11.4. The van der Waals surface area contributed by atoms with E-state index in [2.05, 4.69) is 5.32 Å². The van der Waals surface area contributed by atoms with E-state index < -0.39 is 15.9 Å². The number of anilines is 1. The average Bonchev–Trinajstić information content (AvgIpc) is 2.83. The fraction of sp³-hybridized carbons (Fsp3) is 0.375. The van der Waals surface area contributed by atoms with Crippen molar-refractivity contribution in [2.24, 2.45) is 0 Å². The molecule has 0 saturated carbocycles. The molecule has 0 bridgehead atoms. The number of nitrogens with zero attached hydrogens (tertiary/aromatic N) is 1. The van der Waals surface area contributed by atoms with E-state index >= 15 is 0 Å². The first kappa shape index (κ1) is 25.5. The van der Waals surface area contributed by atoms with Crippen LogP contribution in [-0.4, -0.2) is 65.3 Å². The number of sulfonamides is 1. The van der Waals surface area contributed by atoms with Gasteiger partial charge in [-0.15, -0.1) is 0 Å². The standard InChI is InChI=1S/C24H30N2O7S/c1-17(2)33-23-9-7-20(34(28,29)26-11-13-32-14-12-26)16-21(23)25-24(27)10-5-18-15-19(30-3)6-8-22(18)31-4/h5-10,15-17H,11-14H2,1-4H3,(H,25,27)/b10-5+. The summed E-state index contributed by atoms with van der Waals surface area (Å²) in [6, 6.07) is 9.69. The molecule has 1 aliphatic heterocycles. The largest absolute Gasteiger partial charge is 0.497 e. The van der Waals surface area contributed by atoms with Crippen molar-refractivity contribution < 1.29 is 32.2 Å². The van der Waals surface area contributed by atoms with E-state index in [1.54, 1.807) is 37.5 Å². The van der Waals surface area contributed by atoms with Crippen molar-refractivity contribution in [3.63, 3.8) is 0 Å². The summed E-state index contributed by atoms with van der Waals surface area (Å²) in [5.41, 5.74) is 0.912. The topological polar surface area (TPSA) is 103 Å². The Labute approximate surface area is 200 Å². The third kappa shape index (κ3) is 6.28. The Morgan fingerprint density at radius 1 is 1.06 bits per heavy atom. The summed E-state index contributed by atoms with van der Waals surface area (Å²) in [5.74, 6) is 1.11. The second-order valence-corrected chi connectivity index (χ2v) is 9.71. The Kier molecular flexibility index (Phi) is 8.54. The van der Waals surface area contributed by atoms with Crippen LogP contribution in [0.15, 0.2) is 47.4 Å². The van der Waals surface area contributed by atoms with Crippen LogP contribution in [0, 0.1) is 0 Å². The van der Waals surface area contributed by atoms with Crippen molar-refractivity contribution in [2.75, 3.05) is 45.8 Å². The molecule has 34 heavy (non-hydrogen) atoms. The Bertz CT molecular complexity index is 1140. The quantitative estimate of drug-likeness (QED) is 0.539. The van der Waals surface area contributed by atoms with Crippen LogP contribution in [0.2, 0.25) is 0 Å². The Hall–Kier alpha value is -3.08. The minimum Gasteiger partial charge on any atom is -0.497 e. The van der Waals surface area contributed by atoms with Gasteiger partial charge in [0.2, 0.25) is 15.9 Å². The zero-order chi connectivity index (χ0) is 24.7. The molecular formula is C24H30N2O7S. The lowest BCUT2D eigenvalue weighted by Crippen LogP contribution is -2.40. The molecular weight excluding hydrogens is 460 g/mol. The molecule has 184 valence electrons. The number of amides is 1. The van der Waals surface area contributed by atoms with Crippen molar-refractivity contribution in [1.29, 1.82) is 0 Å². The van der Waals surface area contributed by atoms with Gasteiger partial charge in [-0.1, -0.05) is 0 Å². The van der Waals surface area contributed by atoms with E-state index in [-0.39, 0.29) is 29.8 Å². The van der Waals surface area contributed by atoms with E-state index in [4.69, 9.17) is 18.9 Å². The molecule has 0 radical (unpaired) electrons. The highest BCUT2D eigenvalue weighted by Crippen LogP contribution is 2.31. The maximum absolute atomic E-state index is 13.1. The number of carbonyl (C=O) groups excluding carboxylic acids is 1. The lowest BCUT2D eigenvalue weighted by atomic mass is 10.1. The molecule has 1 heterocycles. The van der Waals surface area contributed by atoms with E-state index in [9.17, 15) is 13.2 Å². The summed E-state index contributed by atoms with van der Waals surface area (Å²) >= 11 is 0. The van der Waals surface area contributed by atoms with Gasteiger partial charge >= 0.3 is 0 Å². The number of ether oxygens (including phenoxy) is 4. The Balaban J connectivity index is 1.87. The highest BCUT2D eigenvalue weighted by Gasteiger charge is 2.27. The summed E-state index contributed by atoms with van der Waals surface area (Å²) in [4.78, 5) is 12.8. The van der Waals surface area contributed by atoms with Gasteiger partial charge in [0, 0.05) is 24.7 Å². The molecule has 10 heteroatoms. The molecule has 1 amide bonds. The molecule has 1 saturated heterocycles. The summed E-state index contributed by atoms with van der Waals surface area (Å²) in [6.07, 6.45) is 2.75. The number of hydrogen-bond acceptors (Lipinski definition) is 7. The molecule has 0 aromatic heterocycles. The molecule has 2 aromatic carbocycles. The van der Waals surface area contributed by atoms with Crippen LogP contribution in [0.4, 0.5) is 5.69 Å². The fourth-order valence-corrected chi connectivity index (χ4v) is 4.80. The van der Waals surface area contributed by atoms with Gasteiger partial charge in [-0.05, 0) is 56.3 Å². The van der Waals surface area contributed by atoms with Gasteiger partial charge in [0.25, 0.3) is 0 Å². The number of carbonyl (C=O) groups is 1. The van der Waals surface area contributed by atoms with Crippen LogP contribution in [0.3, 0.4) is 0 Å². The molecule has 0 unspecified atom stereocenters. The van der Waals surface area contributed by atoms with Crippen LogP contribution < -0.4 is 19.5 Å². The lowest BCUT2D eigenvalue weighted by Gasteiger charge is -2.26. The fourth-order valence-electron chi connectivity index (χ4n) is 3.37. The third-order valence-electron chi connectivity index (χ3n) is 5.03. The van der Waals surface area contributed by atoms with Gasteiger partial charge < -0.3 is 24.3 Å². The van der Waals surface area contributed by atoms with Gasteiger partial charge in [0.15, 0.2) is 0 Å². The lowest BCUT2D eigenvalue weighted by molar-refractivity contribution is -0.111. The average molecular weight is 491 g/mol. The van der Waals surface area contributed by atoms with Crippen LogP contribution >= 0.6 is 0 Å².